The predicted octanol–water partition coefficient (Wildman–Crippen LogP) is 3.54. The predicted molar refractivity (Wildman–Crippen MR) is 88.5 cm³/mol. The third-order valence-electron chi connectivity index (χ3n) is 3.46. The molecule has 3 rings (SSSR count). The van der Waals surface area contributed by atoms with E-state index in [1.807, 2.05) is 25.1 Å². The van der Waals surface area contributed by atoms with Crippen LogP contribution in [0, 0.1) is 17.0 Å². The van der Waals surface area contributed by atoms with Crippen LogP contribution in [0.15, 0.2) is 47.0 Å². The second-order valence-electron chi connectivity index (χ2n) is 5.26. The lowest BCUT2D eigenvalue weighted by molar-refractivity contribution is -0.386. The highest BCUT2D eigenvalue weighted by Crippen LogP contribution is 2.28. The van der Waals surface area contributed by atoms with Crippen LogP contribution in [0.5, 0.6) is 11.5 Å². The monoisotopic (exact) mass is 341 g/mol. The number of hydrogen-bond acceptors (Lipinski definition) is 7. The van der Waals surface area contributed by atoms with E-state index in [4.69, 9.17) is 14.0 Å². The zero-order chi connectivity index (χ0) is 17.8. The molecule has 0 radical (unpaired) electrons. The van der Waals surface area contributed by atoms with Crippen LogP contribution < -0.4 is 9.47 Å². The van der Waals surface area contributed by atoms with Crippen molar-refractivity contribution >= 4 is 5.69 Å². The van der Waals surface area contributed by atoms with Crippen molar-refractivity contribution in [2.24, 2.45) is 0 Å². The summed E-state index contributed by atoms with van der Waals surface area (Å²) in [6.07, 6.45) is 0. The summed E-state index contributed by atoms with van der Waals surface area (Å²) < 4.78 is 15.8. The van der Waals surface area contributed by atoms with Gasteiger partial charge in [0.25, 0.3) is 5.89 Å². The molecule has 0 bridgehead atoms. The number of aromatic nitrogens is 2. The number of rotatable bonds is 6. The average molecular weight is 341 g/mol. The summed E-state index contributed by atoms with van der Waals surface area (Å²) in [5.41, 5.74) is 1.47. The fourth-order valence-corrected chi connectivity index (χ4v) is 2.22. The first-order valence-corrected chi connectivity index (χ1v) is 7.41. The van der Waals surface area contributed by atoms with Gasteiger partial charge in [-0.15, -0.1) is 0 Å². The van der Waals surface area contributed by atoms with Gasteiger partial charge in [-0.05, 0) is 30.7 Å². The van der Waals surface area contributed by atoms with E-state index in [0.29, 0.717) is 11.6 Å². The van der Waals surface area contributed by atoms with Gasteiger partial charge >= 0.3 is 5.69 Å². The molecule has 1 aromatic heterocycles. The minimum Gasteiger partial charge on any atom is -0.497 e. The van der Waals surface area contributed by atoms with Gasteiger partial charge in [-0.2, -0.15) is 4.98 Å². The quantitative estimate of drug-likeness (QED) is 0.499. The lowest BCUT2D eigenvalue weighted by atomic mass is 10.2. The largest absolute Gasteiger partial charge is 0.497 e. The highest BCUT2D eigenvalue weighted by molar-refractivity contribution is 5.56. The maximum Gasteiger partial charge on any atom is 0.310 e. The summed E-state index contributed by atoms with van der Waals surface area (Å²) in [6.45, 7) is 1.76. The Hall–Kier alpha value is -3.42. The number of hydrogen-bond donors (Lipinski definition) is 0. The van der Waals surface area contributed by atoms with Crippen LogP contribution in [0.2, 0.25) is 0 Å². The van der Waals surface area contributed by atoms with Crippen LogP contribution in [-0.4, -0.2) is 22.2 Å². The van der Waals surface area contributed by atoms with E-state index in [1.165, 1.54) is 6.07 Å². The number of nitro groups is 1. The number of methoxy groups -OCH3 is 1. The molecule has 0 fully saturated rings. The molecule has 0 saturated carbocycles. The van der Waals surface area contributed by atoms with E-state index in [-0.39, 0.29) is 23.9 Å². The molecule has 0 N–H and O–H groups in total. The zero-order valence-electron chi connectivity index (χ0n) is 13.6. The van der Waals surface area contributed by atoms with E-state index in [0.717, 1.165) is 11.1 Å². The Balaban J connectivity index is 1.76. The lowest BCUT2D eigenvalue weighted by Gasteiger charge is -2.05. The van der Waals surface area contributed by atoms with Crippen molar-refractivity contribution in [3.8, 4) is 22.9 Å². The zero-order valence-corrected chi connectivity index (χ0v) is 13.6. The maximum atomic E-state index is 11.1. The van der Waals surface area contributed by atoms with Gasteiger partial charge in [0.05, 0.1) is 12.0 Å². The molecule has 0 amide bonds. The van der Waals surface area contributed by atoms with Crippen LogP contribution in [0.25, 0.3) is 11.4 Å². The normalized spacial score (nSPS) is 10.5. The molecule has 8 heteroatoms. The van der Waals surface area contributed by atoms with Crippen LogP contribution in [0.1, 0.15) is 11.5 Å². The molecule has 0 aliphatic rings. The second kappa shape index (κ2) is 7.00. The van der Waals surface area contributed by atoms with Gasteiger partial charge in [0, 0.05) is 11.6 Å². The van der Waals surface area contributed by atoms with E-state index in [1.54, 1.807) is 25.3 Å². The number of nitrogens with zero attached hydrogens (tertiary/aromatic N) is 3. The van der Waals surface area contributed by atoms with Gasteiger partial charge in [-0.1, -0.05) is 23.4 Å². The Bertz CT molecular complexity index is 907. The van der Waals surface area contributed by atoms with Crippen LogP contribution in [0.4, 0.5) is 5.69 Å². The van der Waals surface area contributed by atoms with Crippen molar-refractivity contribution in [2.75, 3.05) is 7.11 Å². The lowest BCUT2D eigenvalue weighted by Crippen LogP contribution is -2.00. The fourth-order valence-electron chi connectivity index (χ4n) is 2.22. The van der Waals surface area contributed by atoms with Crippen LogP contribution in [-0.2, 0) is 6.61 Å². The SMILES string of the molecule is COc1cccc(-c2noc(COc3cc(C)ccc3[N+](=O)[O-])n2)c1. The first kappa shape index (κ1) is 16.4. The Kier molecular flexibility index (Phi) is 4.60. The Morgan fingerprint density at radius 3 is 2.84 bits per heavy atom. The Morgan fingerprint density at radius 1 is 1.24 bits per heavy atom. The Labute approximate surface area is 143 Å². The van der Waals surface area contributed by atoms with Gasteiger partial charge in [-0.3, -0.25) is 10.1 Å². The number of nitro benzene ring substituents is 1. The molecule has 0 spiro atoms. The Morgan fingerprint density at radius 2 is 2.08 bits per heavy atom. The minimum absolute atomic E-state index is 0.0682. The maximum absolute atomic E-state index is 11.1. The fraction of sp³-hybridized carbons (Fsp3) is 0.176. The summed E-state index contributed by atoms with van der Waals surface area (Å²) in [5, 5.41) is 14.9. The van der Waals surface area contributed by atoms with Gasteiger partial charge in [0.2, 0.25) is 5.82 Å². The van der Waals surface area contributed by atoms with Crippen molar-refractivity contribution in [1.29, 1.82) is 0 Å². The van der Waals surface area contributed by atoms with Gasteiger partial charge < -0.3 is 14.0 Å². The summed E-state index contributed by atoms with van der Waals surface area (Å²) in [6, 6.07) is 11.9. The molecule has 0 saturated heterocycles. The number of benzene rings is 2. The van der Waals surface area contributed by atoms with Gasteiger partial charge in [-0.25, -0.2) is 0 Å². The van der Waals surface area contributed by atoms with E-state index in [2.05, 4.69) is 10.1 Å². The topological polar surface area (TPSA) is 101 Å². The molecular weight excluding hydrogens is 326 g/mol. The molecule has 8 nitrogen and oxygen atoms in total. The molecule has 25 heavy (non-hydrogen) atoms. The second-order valence-corrected chi connectivity index (χ2v) is 5.26. The van der Waals surface area contributed by atoms with E-state index >= 15 is 0 Å². The van der Waals surface area contributed by atoms with E-state index < -0.39 is 4.92 Å². The van der Waals surface area contributed by atoms with Crippen molar-refractivity contribution in [3.05, 3.63) is 64.0 Å². The smallest absolute Gasteiger partial charge is 0.310 e. The molecule has 128 valence electrons. The van der Waals surface area contributed by atoms with Crippen LogP contribution in [0.3, 0.4) is 0 Å². The summed E-state index contributed by atoms with van der Waals surface area (Å²) in [7, 11) is 1.57. The summed E-state index contributed by atoms with van der Waals surface area (Å²) in [4.78, 5) is 14.8. The van der Waals surface area contributed by atoms with Gasteiger partial charge in [0.15, 0.2) is 12.4 Å². The molecule has 0 aliphatic heterocycles. The van der Waals surface area contributed by atoms with E-state index in [9.17, 15) is 10.1 Å². The standard InChI is InChI=1S/C17H15N3O5/c1-11-6-7-14(20(21)22)15(8-11)24-10-16-18-17(19-25-16)12-4-3-5-13(9-12)23-2/h3-9H,10H2,1-2H3. The summed E-state index contributed by atoms with van der Waals surface area (Å²) in [5.74, 6) is 1.44. The highest BCUT2D eigenvalue weighted by atomic mass is 16.6. The summed E-state index contributed by atoms with van der Waals surface area (Å²) >= 11 is 0. The molecule has 0 unspecified atom stereocenters. The number of aryl methyl sites for hydroxylation is 1. The van der Waals surface area contributed by atoms with Crippen LogP contribution >= 0.6 is 0 Å². The minimum atomic E-state index is -0.496. The third kappa shape index (κ3) is 3.74. The van der Waals surface area contributed by atoms with Gasteiger partial charge in [0.1, 0.15) is 5.75 Å². The number of ether oxygens (including phenoxy) is 2. The van der Waals surface area contributed by atoms with Crippen molar-refractivity contribution < 1.29 is 18.9 Å². The molecular formula is C17H15N3O5. The van der Waals surface area contributed by atoms with Crippen molar-refractivity contribution in [1.82, 2.24) is 10.1 Å². The van der Waals surface area contributed by atoms with Crippen molar-refractivity contribution in [3.63, 3.8) is 0 Å². The van der Waals surface area contributed by atoms with Crippen molar-refractivity contribution in [2.45, 2.75) is 13.5 Å². The first-order chi connectivity index (χ1) is 12.1. The molecule has 1 heterocycles. The molecule has 2 aromatic carbocycles. The highest BCUT2D eigenvalue weighted by Gasteiger charge is 2.17. The third-order valence-corrected chi connectivity index (χ3v) is 3.46. The molecule has 0 atom stereocenters. The average Bonchev–Trinajstić information content (AvgIpc) is 3.09. The molecule has 0 aliphatic carbocycles. The first-order valence-electron chi connectivity index (χ1n) is 7.41. The molecule has 3 aromatic rings.